The fraction of sp³-hybridized carbons (Fsp3) is 0.222. The summed E-state index contributed by atoms with van der Waals surface area (Å²) in [5.41, 5.74) is 6.07. The number of nitrogens with one attached hydrogen (secondary N) is 1. The molecule has 2 aromatic carbocycles. The molecular formula is C18H18N2O5. The van der Waals surface area contributed by atoms with E-state index >= 15 is 0 Å². The van der Waals surface area contributed by atoms with Crippen molar-refractivity contribution in [3.63, 3.8) is 0 Å². The summed E-state index contributed by atoms with van der Waals surface area (Å²) < 4.78 is 16.5. The highest BCUT2D eigenvalue weighted by atomic mass is 16.5. The van der Waals surface area contributed by atoms with Crippen LogP contribution in [0.2, 0.25) is 0 Å². The average molecular weight is 342 g/mol. The van der Waals surface area contributed by atoms with Crippen molar-refractivity contribution in [2.75, 3.05) is 25.1 Å². The molecule has 2 amide bonds. The second-order valence-corrected chi connectivity index (χ2v) is 5.41. The van der Waals surface area contributed by atoms with E-state index in [1.165, 1.54) is 0 Å². The van der Waals surface area contributed by atoms with Crippen molar-refractivity contribution < 1.29 is 23.8 Å². The summed E-state index contributed by atoms with van der Waals surface area (Å²) in [5, 5.41) is 2.72. The Morgan fingerprint density at radius 2 is 1.84 bits per heavy atom. The standard InChI is InChI=1S/C18H18N2O5/c19-18(22)13-4-1-2-5-14(13)25-11-17(21)20-12-6-7-15-16(10-12)24-9-3-8-23-15/h1-2,4-7,10H,3,8-9,11H2,(H2,19,22)(H,20,21). The number of para-hydroxylation sites is 1. The molecular weight excluding hydrogens is 324 g/mol. The third-order valence-electron chi connectivity index (χ3n) is 3.54. The van der Waals surface area contributed by atoms with E-state index < -0.39 is 5.91 Å². The van der Waals surface area contributed by atoms with Gasteiger partial charge in [-0.3, -0.25) is 9.59 Å². The van der Waals surface area contributed by atoms with Gasteiger partial charge in [0, 0.05) is 18.2 Å². The van der Waals surface area contributed by atoms with Crippen molar-refractivity contribution in [2.24, 2.45) is 5.73 Å². The summed E-state index contributed by atoms with van der Waals surface area (Å²) in [5.74, 6) is 0.536. The van der Waals surface area contributed by atoms with E-state index in [0.29, 0.717) is 30.4 Å². The quantitative estimate of drug-likeness (QED) is 0.865. The zero-order valence-corrected chi connectivity index (χ0v) is 13.5. The number of rotatable bonds is 5. The summed E-state index contributed by atoms with van der Waals surface area (Å²) in [6.07, 6.45) is 0.809. The number of primary amides is 1. The molecule has 1 heterocycles. The normalized spacial score (nSPS) is 12.8. The summed E-state index contributed by atoms with van der Waals surface area (Å²) in [6, 6.07) is 11.7. The first kappa shape index (κ1) is 16.6. The lowest BCUT2D eigenvalue weighted by atomic mass is 10.2. The SMILES string of the molecule is NC(=O)c1ccccc1OCC(=O)Nc1ccc2c(c1)OCCCO2. The third-order valence-corrected chi connectivity index (χ3v) is 3.54. The van der Waals surface area contributed by atoms with E-state index in [0.717, 1.165) is 6.42 Å². The van der Waals surface area contributed by atoms with E-state index in [-0.39, 0.29) is 23.8 Å². The molecule has 7 nitrogen and oxygen atoms in total. The second-order valence-electron chi connectivity index (χ2n) is 5.41. The van der Waals surface area contributed by atoms with E-state index in [1.54, 1.807) is 42.5 Å². The van der Waals surface area contributed by atoms with Crippen LogP contribution in [-0.4, -0.2) is 31.6 Å². The number of nitrogens with two attached hydrogens (primary N) is 1. The minimum absolute atomic E-state index is 0.228. The number of amides is 2. The molecule has 0 fully saturated rings. The maximum absolute atomic E-state index is 12.1. The molecule has 0 atom stereocenters. The van der Waals surface area contributed by atoms with Crippen LogP contribution in [0.25, 0.3) is 0 Å². The van der Waals surface area contributed by atoms with Gasteiger partial charge < -0.3 is 25.3 Å². The Bertz CT molecular complexity index is 791. The topological polar surface area (TPSA) is 99.9 Å². The maximum atomic E-state index is 12.1. The molecule has 1 aliphatic heterocycles. The van der Waals surface area contributed by atoms with Crippen molar-refractivity contribution in [1.29, 1.82) is 0 Å². The number of fused-ring (bicyclic) bond motifs is 1. The van der Waals surface area contributed by atoms with Gasteiger partial charge in [-0.25, -0.2) is 0 Å². The molecule has 0 spiro atoms. The summed E-state index contributed by atoms with van der Waals surface area (Å²) >= 11 is 0. The molecule has 3 N–H and O–H groups in total. The minimum atomic E-state index is -0.612. The molecule has 1 aliphatic rings. The fourth-order valence-corrected chi connectivity index (χ4v) is 2.38. The minimum Gasteiger partial charge on any atom is -0.490 e. The van der Waals surface area contributed by atoms with Gasteiger partial charge in [0.2, 0.25) is 0 Å². The van der Waals surface area contributed by atoms with Crippen molar-refractivity contribution in [2.45, 2.75) is 6.42 Å². The smallest absolute Gasteiger partial charge is 0.262 e. The fourth-order valence-electron chi connectivity index (χ4n) is 2.38. The van der Waals surface area contributed by atoms with E-state index in [4.69, 9.17) is 19.9 Å². The van der Waals surface area contributed by atoms with Crippen LogP contribution in [0.1, 0.15) is 16.8 Å². The van der Waals surface area contributed by atoms with Gasteiger partial charge in [-0.15, -0.1) is 0 Å². The molecule has 0 aliphatic carbocycles. The number of carbonyl (C=O) groups excluding carboxylic acids is 2. The Labute approximate surface area is 144 Å². The van der Waals surface area contributed by atoms with E-state index in [1.807, 2.05) is 0 Å². The molecule has 130 valence electrons. The number of anilines is 1. The number of benzene rings is 2. The summed E-state index contributed by atoms with van der Waals surface area (Å²) in [4.78, 5) is 23.4. The lowest BCUT2D eigenvalue weighted by Crippen LogP contribution is -2.21. The largest absolute Gasteiger partial charge is 0.490 e. The third kappa shape index (κ3) is 4.20. The molecule has 0 saturated carbocycles. The van der Waals surface area contributed by atoms with Crippen molar-refractivity contribution in [3.05, 3.63) is 48.0 Å². The number of hydrogen-bond donors (Lipinski definition) is 2. The predicted octanol–water partition coefficient (Wildman–Crippen LogP) is 1.96. The monoisotopic (exact) mass is 342 g/mol. The zero-order chi connectivity index (χ0) is 17.6. The average Bonchev–Trinajstić information content (AvgIpc) is 2.85. The summed E-state index contributed by atoms with van der Waals surface area (Å²) in [7, 11) is 0. The Kier molecular flexibility index (Phi) is 5.03. The summed E-state index contributed by atoms with van der Waals surface area (Å²) in [6.45, 7) is 0.919. The maximum Gasteiger partial charge on any atom is 0.262 e. The van der Waals surface area contributed by atoms with Gasteiger partial charge >= 0.3 is 0 Å². The molecule has 0 radical (unpaired) electrons. The highest BCUT2D eigenvalue weighted by Gasteiger charge is 2.13. The second kappa shape index (κ2) is 7.57. The van der Waals surface area contributed by atoms with E-state index in [9.17, 15) is 9.59 Å². The van der Waals surface area contributed by atoms with Gasteiger partial charge in [0.25, 0.3) is 11.8 Å². The van der Waals surface area contributed by atoms with Crippen molar-refractivity contribution >= 4 is 17.5 Å². The highest BCUT2D eigenvalue weighted by Crippen LogP contribution is 2.32. The van der Waals surface area contributed by atoms with Crippen LogP contribution in [0, 0.1) is 0 Å². The molecule has 0 bridgehead atoms. The Morgan fingerprint density at radius 1 is 1.08 bits per heavy atom. The molecule has 2 aromatic rings. The van der Waals surface area contributed by atoms with Crippen LogP contribution in [-0.2, 0) is 4.79 Å². The van der Waals surface area contributed by atoms with Crippen LogP contribution in [0.5, 0.6) is 17.2 Å². The van der Waals surface area contributed by atoms with Gasteiger partial charge in [0.15, 0.2) is 18.1 Å². The number of ether oxygens (including phenoxy) is 3. The van der Waals surface area contributed by atoms with Gasteiger partial charge in [-0.05, 0) is 24.3 Å². The lowest BCUT2D eigenvalue weighted by molar-refractivity contribution is -0.118. The van der Waals surface area contributed by atoms with Crippen LogP contribution in [0.15, 0.2) is 42.5 Å². The lowest BCUT2D eigenvalue weighted by Gasteiger charge is -2.12. The number of carbonyl (C=O) groups is 2. The first-order valence-corrected chi connectivity index (χ1v) is 7.84. The molecule has 0 unspecified atom stereocenters. The Balaban J connectivity index is 1.62. The van der Waals surface area contributed by atoms with Crippen molar-refractivity contribution in [3.8, 4) is 17.2 Å². The van der Waals surface area contributed by atoms with Crippen LogP contribution < -0.4 is 25.3 Å². The highest BCUT2D eigenvalue weighted by molar-refractivity contribution is 5.96. The van der Waals surface area contributed by atoms with Gasteiger partial charge in [-0.1, -0.05) is 12.1 Å². The molecule has 7 heteroatoms. The predicted molar refractivity (Wildman–Crippen MR) is 91.1 cm³/mol. The molecule has 25 heavy (non-hydrogen) atoms. The zero-order valence-electron chi connectivity index (χ0n) is 13.5. The van der Waals surface area contributed by atoms with Gasteiger partial charge in [0.1, 0.15) is 5.75 Å². The molecule has 3 rings (SSSR count). The first-order valence-electron chi connectivity index (χ1n) is 7.84. The molecule has 0 saturated heterocycles. The Hall–Kier alpha value is -3.22. The van der Waals surface area contributed by atoms with Crippen molar-refractivity contribution in [1.82, 2.24) is 0 Å². The van der Waals surface area contributed by atoms with Crippen LogP contribution in [0.3, 0.4) is 0 Å². The van der Waals surface area contributed by atoms with E-state index in [2.05, 4.69) is 5.32 Å². The van der Waals surface area contributed by atoms with Crippen LogP contribution in [0.4, 0.5) is 5.69 Å². The molecule has 0 aromatic heterocycles. The number of hydrogen-bond acceptors (Lipinski definition) is 5. The Morgan fingerprint density at radius 3 is 2.64 bits per heavy atom. The first-order chi connectivity index (χ1) is 12.1. The van der Waals surface area contributed by atoms with Gasteiger partial charge in [0.05, 0.1) is 18.8 Å². The van der Waals surface area contributed by atoms with Gasteiger partial charge in [-0.2, -0.15) is 0 Å². The van der Waals surface area contributed by atoms with Crippen LogP contribution >= 0.6 is 0 Å².